The van der Waals surface area contributed by atoms with Crippen molar-refractivity contribution in [2.75, 3.05) is 6.61 Å². The molecule has 0 saturated carbocycles. The molecule has 0 spiro atoms. The number of benzene rings is 1. The van der Waals surface area contributed by atoms with Gasteiger partial charge >= 0.3 is 5.97 Å². The number of carbonyl (C=O) groups excluding carboxylic acids is 1. The number of carbonyl (C=O) groups is 1. The van der Waals surface area contributed by atoms with Gasteiger partial charge in [0.25, 0.3) is 0 Å². The Morgan fingerprint density at radius 3 is 2.68 bits per heavy atom. The fraction of sp³-hybridized carbons (Fsp3) is 0.133. The van der Waals surface area contributed by atoms with Crippen molar-refractivity contribution in [3.63, 3.8) is 0 Å². The molecule has 4 heteroatoms. The Hall–Kier alpha value is -1.94. The van der Waals surface area contributed by atoms with Gasteiger partial charge in [-0.1, -0.05) is 30.0 Å². The molecule has 0 aliphatic carbocycles. The van der Waals surface area contributed by atoms with Crippen molar-refractivity contribution in [2.45, 2.75) is 11.8 Å². The summed E-state index contributed by atoms with van der Waals surface area (Å²) in [6, 6.07) is 13.3. The molecule has 1 heterocycles. The number of hydrogen-bond acceptors (Lipinski definition) is 4. The second kappa shape index (κ2) is 6.85. The van der Waals surface area contributed by atoms with Crippen molar-refractivity contribution in [1.82, 2.24) is 0 Å². The summed E-state index contributed by atoms with van der Waals surface area (Å²) in [5, 5.41) is 0. The van der Waals surface area contributed by atoms with E-state index in [0.29, 0.717) is 17.3 Å². The lowest BCUT2D eigenvalue weighted by molar-refractivity contribution is -0.137. The molecular weight excluding hydrogens is 260 g/mol. The van der Waals surface area contributed by atoms with Gasteiger partial charge in [-0.2, -0.15) is 0 Å². The standard InChI is InChI=1S/C15H14O3S/c1-2-17-15(16)14(11-12-7-6-10-18-12)19-13-8-4-3-5-9-13/h3-11H,2H2,1H3/b14-11-. The number of rotatable bonds is 5. The van der Waals surface area contributed by atoms with E-state index in [1.54, 1.807) is 31.4 Å². The fourth-order valence-electron chi connectivity index (χ4n) is 1.45. The third-order valence-electron chi connectivity index (χ3n) is 2.26. The first-order valence-corrected chi connectivity index (χ1v) is 6.76. The molecule has 0 fully saturated rings. The van der Waals surface area contributed by atoms with Gasteiger partial charge in [-0.05, 0) is 31.2 Å². The average Bonchev–Trinajstić information content (AvgIpc) is 2.92. The summed E-state index contributed by atoms with van der Waals surface area (Å²) in [4.78, 5) is 13.4. The number of esters is 1. The number of thioether (sulfide) groups is 1. The van der Waals surface area contributed by atoms with Crippen molar-refractivity contribution >= 4 is 23.8 Å². The molecule has 0 saturated heterocycles. The van der Waals surface area contributed by atoms with Crippen LogP contribution in [0.25, 0.3) is 6.08 Å². The second-order valence-electron chi connectivity index (χ2n) is 3.66. The Balaban J connectivity index is 2.22. The molecule has 0 aliphatic rings. The van der Waals surface area contributed by atoms with Gasteiger partial charge in [-0.3, -0.25) is 0 Å². The molecule has 1 aromatic heterocycles. The summed E-state index contributed by atoms with van der Waals surface area (Å²) in [7, 11) is 0. The predicted octanol–water partition coefficient (Wildman–Crippen LogP) is 3.98. The first kappa shape index (κ1) is 13.5. The van der Waals surface area contributed by atoms with Crippen molar-refractivity contribution in [1.29, 1.82) is 0 Å². The maximum Gasteiger partial charge on any atom is 0.345 e. The van der Waals surface area contributed by atoms with Gasteiger partial charge in [0.15, 0.2) is 0 Å². The third kappa shape index (κ3) is 4.03. The molecule has 2 rings (SSSR count). The molecule has 0 atom stereocenters. The van der Waals surface area contributed by atoms with E-state index in [1.165, 1.54) is 11.8 Å². The molecule has 0 radical (unpaired) electrons. The van der Waals surface area contributed by atoms with Crippen LogP contribution in [0.5, 0.6) is 0 Å². The highest BCUT2D eigenvalue weighted by Crippen LogP contribution is 2.29. The van der Waals surface area contributed by atoms with Crippen LogP contribution in [-0.2, 0) is 9.53 Å². The maximum absolute atomic E-state index is 11.9. The Bertz CT molecular complexity index is 544. The summed E-state index contributed by atoms with van der Waals surface area (Å²) in [5.74, 6) is 0.291. The molecule has 0 unspecified atom stereocenters. The minimum Gasteiger partial charge on any atom is -0.465 e. The van der Waals surface area contributed by atoms with Gasteiger partial charge < -0.3 is 9.15 Å². The van der Waals surface area contributed by atoms with E-state index in [2.05, 4.69) is 0 Å². The number of furan rings is 1. The van der Waals surface area contributed by atoms with Crippen molar-refractivity contribution < 1.29 is 13.9 Å². The molecule has 0 N–H and O–H groups in total. The fourth-order valence-corrected chi connectivity index (χ4v) is 2.31. The third-order valence-corrected chi connectivity index (χ3v) is 3.28. The normalized spacial score (nSPS) is 11.3. The highest BCUT2D eigenvalue weighted by atomic mass is 32.2. The van der Waals surface area contributed by atoms with Crippen molar-refractivity contribution in [2.24, 2.45) is 0 Å². The second-order valence-corrected chi connectivity index (χ2v) is 4.77. The highest BCUT2D eigenvalue weighted by Gasteiger charge is 2.13. The molecule has 0 aliphatic heterocycles. The van der Waals surface area contributed by atoms with Crippen LogP contribution in [0.2, 0.25) is 0 Å². The Morgan fingerprint density at radius 1 is 1.26 bits per heavy atom. The predicted molar refractivity (Wildman–Crippen MR) is 75.6 cm³/mol. The van der Waals surface area contributed by atoms with Gasteiger partial charge in [0.2, 0.25) is 0 Å². The van der Waals surface area contributed by atoms with E-state index in [1.807, 2.05) is 30.3 Å². The molecule has 19 heavy (non-hydrogen) atoms. The van der Waals surface area contributed by atoms with E-state index in [4.69, 9.17) is 9.15 Å². The van der Waals surface area contributed by atoms with E-state index in [9.17, 15) is 4.79 Å². The van der Waals surface area contributed by atoms with Gasteiger partial charge in [-0.15, -0.1) is 0 Å². The van der Waals surface area contributed by atoms with Crippen molar-refractivity contribution in [3.05, 3.63) is 59.4 Å². The highest BCUT2D eigenvalue weighted by molar-refractivity contribution is 8.04. The van der Waals surface area contributed by atoms with Crippen LogP contribution in [0.1, 0.15) is 12.7 Å². The van der Waals surface area contributed by atoms with Crippen LogP contribution < -0.4 is 0 Å². The van der Waals surface area contributed by atoms with E-state index in [0.717, 1.165) is 4.90 Å². The molecule has 3 nitrogen and oxygen atoms in total. The number of ether oxygens (including phenoxy) is 1. The zero-order chi connectivity index (χ0) is 13.5. The first-order chi connectivity index (χ1) is 9.29. The molecule has 2 aromatic rings. The van der Waals surface area contributed by atoms with Crippen LogP contribution in [0, 0.1) is 0 Å². The summed E-state index contributed by atoms with van der Waals surface area (Å²) in [5.41, 5.74) is 0. The van der Waals surface area contributed by atoms with E-state index < -0.39 is 0 Å². The molecule has 0 bridgehead atoms. The van der Waals surface area contributed by atoms with Crippen LogP contribution in [-0.4, -0.2) is 12.6 Å². The van der Waals surface area contributed by atoms with Crippen LogP contribution in [0.3, 0.4) is 0 Å². The van der Waals surface area contributed by atoms with Gasteiger partial charge in [0, 0.05) is 11.0 Å². The lowest BCUT2D eigenvalue weighted by Crippen LogP contribution is -2.05. The van der Waals surface area contributed by atoms with Gasteiger partial charge in [0.05, 0.1) is 12.9 Å². The smallest absolute Gasteiger partial charge is 0.345 e. The maximum atomic E-state index is 11.9. The molecule has 0 amide bonds. The summed E-state index contributed by atoms with van der Waals surface area (Å²) < 4.78 is 10.3. The quantitative estimate of drug-likeness (QED) is 0.470. The SMILES string of the molecule is CCOC(=O)/C(=C/c1ccco1)Sc1ccccc1. The monoisotopic (exact) mass is 274 g/mol. The van der Waals surface area contributed by atoms with Crippen LogP contribution in [0.4, 0.5) is 0 Å². The topological polar surface area (TPSA) is 39.4 Å². The van der Waals surface area contributed by atoms with E-state index >= 15 is 0 Å². The summed E-state index contributed by atoms with van der Waals surface area (Å²) >= 11 is 1.36. The van der Waals surface area contributed by atoms with Gasteiger partial charge in [-0.25, -0.2) is 4.79 Å². The average molecular weight is 274 g/mol. The largest absolute Gasteiger partial charge is 0.465 e. The van der Waals surface area contributed by atoms with E-state index in [-0.39, 0.29) is 5.97 Å². The van der Waals surface area contributed by atoms with Gasteiger partial charge in [0.1, 0.15) is 10.7 Å². The summed E-state index contributed by atoms with van der Waals surface area (Å²) in [6.45, 7) is 2.14. The lowest BCUT2D eigenvalue weighted by Gasteiger charge is -2.06. The minimum atomic E-state index is -0.340. The number of hydrogen-bond donors (Lipinski definition) is 0. The first-order valence-electron chi connectivity index (χ1n) is 5.95. The lowest BCUT2D eigenvalue weighted by atomic mass is 10.4. The zero-order valence-corrected chi connectivity index (χ0v) is 11.4. The zero-order valence-electron chi connectivity index (χ0n) is 10.5. The van der Waals surface area contributed by atoms with Crippen molar-refractivity contribution in [3.8, 4) is 0 Å². The molecular formula is C15H14O3S. The summed E-state index contributed by atoms with van der Waals surface area (Å²) in [6.07, 6.45) is 3.26. The molecule has 98 valence electrons. The Morgan fingerprint density at radius 2 is 2.05 bits per heavy atom. The molecule has 1 aromatic carbocycles. The van der Waals surface area contributed by atoms with Crippen LogP contribution in [0.15, 0.2) is 62.9 Å². The minimum absolute atomic E-state index is 0.340. The Kier molecular flexibility index (Phi) is 4.86. The Labute approximate surface area is 116 Å². The van der Waals surface area contributed by atoms with Crippen LogP contribution >= 0.6 is 11.8 Å².